The minimum Gasteiger partial charge on any atom is -0.474 e. The Labute approximate surface area is 110 Å². The van der Waals surface area contributed by atoms with Crippen molar-refractivity contribution in [3.05, 3.63) is 12.4 Å². The molecule has 0 bridgehead atoms. The van der Waals surface area contributed by atoms with Gasteiger partial charge >= 0.3 is 0 Å². The Morgan fingerprint density at radius 1 is 1.33 bits per heavy atom. The molecule has 1 aromatic rings. The highest BCUT2D eigenvalue weighted by atomic mass is 16.5. The maximum atomic E-state index is 5.56. The molecule has 0 fully saturated rings. The smallest absolute Gasteiger partial charge is 0.234 e. The van der Waals surface area contributed by atoms with E-state index in [1.165, 1.54) is 0 Å². The summed E-state index contributed by atoms with van der Waals surface area (Å²) in [6.45, 7) is 11.9. The van der Waals surface area contributed by atoms with Crippen molar-refractivity contribution in [3.63, 3.8) is 0 Å². The van der Waals surface area contributed by atoms with Gasteiger partial charge in [-0.1, -0.05) is 6.92 Å². The van der Waals surface area contributed by atoms with Gasteiger partial charge in [0.15, 0.2) is 5.82 Å². The largest absolute Gasteiger partial charge is 0.474 e. The van der Waals surface area contributed by atoms with E-state index in [4.69, 9.17) is 4.74 Å². The quantitative estimate of drug-likeness (QED) is 0.714. The summed E-state index contributed by atoms with van der Waals surface area (Å²) in [6.07, 6.45) is 3.55. The van der Waals surface area contributed by atoms with E-state index < -0.39 is 0 Å². The van der Waals surface area contributed by atoms with Gasteiger partial charge < -0.3 is 15.0 Å². The van der Waals surface area contributed by atoms with Crippen molar-refractivity contribution < 1.29 is 4.74 Å². The second kappa shape index (κ2) is 7.87. The molecule has 5 nitrogen and oxygen atoms in total. The molecule has 102 valence electrons. The lowest BCUT2D eigenvalue weighted by Crippen LogP contribution is -2.32. The van der Waals surface area contributed by atoms with E-state index in [2.05, 4.69) is 34.0 Å². The van der Waals surface area contributed by atoms with Gasteiger partial charge in [0, 0.05) is 19.6 Å². The fourth-order valence-electron chi connectivity index (χ4n) is 1.61. The first-order chi connectivity index (χ1) is 8.67. The molecule has 1 N–H and O–H groups in total. The molecule has 0 saturated heterocycles. The normalized spacial score (nSPS) is 10.7. The van der Waals surface area contributed by atoms with E-state index in [0.717, 1.165) is 32.0 Å². The molecule has 0 aromatic carbocycles. The minimum absolute atomic E-state index is 0.117. The Hall–Kier alpha value is -1.36. The molecule has 18 heavy (non-hydrogen) atoms. The summed E-state index contributed by atoms with van der Waals surface area (Å²) in [6, 6.07) is 0. The number of aromatic nitrogens is 2. The Kier molecular flexibility index (Phi) is 6.43. The maximum Gasteiger partial charge on any atom is 0.234 e. The predicted molar refractivity (Wildman–Crippen MR) is 74.2 cm³/mol. The van der Waals surface area contributed by atoms with Crippen LogP contribution in [0.5, 0.6) is 5.88 Å². The summed E-state index contributed by atoms with van der Waals surface area (Å²) in [7, 11) is 0. The summed E-state index contributed by atoms with van der Waals surface area (Å²) in [5, 5.41) is 3.31. The highest BCUT2D eigenvalue weighted by Crippen LogP contribution is 2.14. The van der Waals surface area contributed by atoms with E-state index >= 15 is 0 Å². The zero-order chi connectivity index (χ0) is 13.4. The van der Waals surface area contributed by atoms with Crippen LogP contribution in [0.4, 0.5) is 5.82 Å². The predicted octanol–water partition coefficient (Wildman–Crippen LogP) is 1.70. The molecule has 0 amide bonds. The van der Waals surface area contributed by atoms with Crippen LogP contribution in [0.3, 0.4) is 0 Å². The molecule has 0 saturated carbocycles. The topological polar surface area (TPSA) is 50.3 Å². The first-order valence-electron chi connectivity index (χ1n) is 6.61. The van der Waals surface area contributed by atoms with Crippen molar-refractivity contribution in [2.75, 3.05) is 31.1 Å². The van der Waals surface area contributed by atoms with Gasteiger partial charge in [0.1, 0.15) is 0 Å². The first-order valence-corrected chi connectivity index (χ1v) is 6.61. The summed E-state index contributed by atoms with van der Waals surface area (Å²) in [5.74, 6) is 1.46. The number of likely N-dealkylation sites (N-methyl/N-ethyl adjacent to an activating group) is 2. The van der Waals surface area contributed by atoms with Crippen LogP contribution < -0.4 is 15.0 Å². The van der Waals surface area contributed by atoms with Gasteiger partial charge in [-0.15, -0.1) is 0 Å². The zero-order valence-corrected chi connectivity index (χ0v) is 11.8. The van der Waals surface area contributed by atoms with Crippen LogP contribution in [0.2, 0.25) is 0 Å². The van der Waals surface area contributed by atoms with Gasteiger partial charge in [-0.25, -0.2) is 0 Å². The van der Waals surface area contributed by atoms with E-state index in [-0.39, 0.29) is 6.10 Å². The van der Waals surface area contributed by atoms with Crippen molar-refractivity contribution in [1.82, 2.24) is 15.3 Å². The molecule has 0 unspecified atom stereocenters. The molecule has 0 aliphatic rings. The van der Waals surface area contributed by atoms with Gasteiger partial charge in [-0.3, -0.25) is 4.98 Å². The van der Waals surface area contributed by atoms with Crippen LogP contribution in [0.15, 0.2) is 12.4 Å². The van der Waals surface area contributed by atoms with Gasteiger partial charge in [0.2, 0.25) is 5.88 Å². The molecular formula is C13H24N4O. The lowest BCUT2D eigenvalue weighted by molar-refractivity contribution is 0.231. The Morgan fingerprint density at radius 2 is 2.11 bits per heavy atom. The van der Waals surface area contributed by atoms with Crippen LogP contribution in [-0.4, -0.2) is 42.3 Å². The summed E-state index contributed by atoms with van der Waals surface area (Å²) in [5.41, 5.74) is 0. The fourth-order valence-corrected chi connectivity index (χ4v) is 1.61. The molecule has 1 heterocycles. The number of nitrogens with one attached hydrogen (secondary N) is 1. The van der Waals surface area contributed by atoms with Gasteiger partial charge in [-0.05, 0) is 27.3 Å². The zero-order valence-electron chi connectivity index (χ0n) is 11.8. The number of anilines is 1. The van der Waals surface area contributed by atoms with Crippen molar-refractivity contribution >= 4 is 5.82 Å². The molecule has 5 heteroatoms. The average Bonchev–Trinajstić information content (AvgIpc) is 2.34. The van der Waals surface area contributed by atoms with E-state index in [1.807, 2.05) is 13.8 Å². The molecular weight excluding hydrogens is 228 g/mol. The summed E-state index contributed by atoms with van der Waals surface area (Å²) in [4.78, 5) is 10.8. The standard InChI is InChI=1S/C13H24N4O/c1-5-14-7-8-17(6-2)12-9-15-10-13(16-12)18-11(3)4/h9-11,14H,5-8H2,1-4H3. The number of nitrogens with zero attached hydrogens (tertiary/aromatic N) is 3. The minimum atomic E-state index is 0.117. The second-order valence-corrected chi connectivity index (χ2v) is 4.32. The van der Waals surface area contributed by atoms with E-state index in [9.17, 15) is 0 Å². The molecule has 1 aromatic heterocycles. The van der Waals surface area contributed by atoms with E-state index in [0.29, 0.717) is 5.88 Å². The molecule has 1 rings (SSSR count). The highest BCUT2D eigenvalue weighted by molar-refractivity contribution is 5.37. The van der Waals surface area contributed by atoms with Crippen molar-refractivity contribution in [1.29, 1.82) is 0 Å². The summed E-state index contributed by atoms with van der Waals surface area (Å²) < 4.78 is 5.56. The van der Waals surface area contributed by atoms with Crippen molar-refractivity contribution in [2.45, 2.75) is 33.8 Å². The molecule has 0 radical (unpaired) electrons. The molecule has 0 aliphatic carbocycles. The Morgan fingerprint density at radius 3 is 2.72 bits per heavy atom. The highest BCUT2D eigenvalue weighted by Gasteiger charge is 2.08. The SMILES string of the molecule is CCNCCN(CC)c1cncc(OC(C)C)n1. The Bertz CT molecular complexity index is 344. The maximum absolute atomic E-state index is 5.56. The van der Waals surface area contributed by atoms with Crippen LogP contribution in [-0.2, 0) is 0 Å². The number of rotatable bonds is 8. The second-order valence-electron chi connectivity index (χ2n) is 4.32. The first kappa shape index (κ1) is 14.7. The molecule has 0 atom stereocenters. The molecule has 0 aliphatic heterocycles. The lowest BCUT2D eigenvalue weighted by Gasteiger charge is -2.22. The lowest BCUT2D eigenvalue weighted by atomic mass is 10.4. The van der Waals surface area contributed by atoms with Crippen LogP contribution >= 0.6 is 0 Å². The third-order valence-corrected chi connectivity index (χ3v) is 2.47. The van der Waals surface area contributed by atoms with Gasteiger partial charge in [-0.2, -0.15) is 4.98 Å². The number of hydrogen-bond donors (Lipinski definition) is 1. The number of ether oxygens (including phenoxy) is 1. The third-order valence-electron chi connectivity index (χ3n) is 2.47. The van der Waals surface area contributed by atoms with Crippen LogP contribution in [0.1, 0.15) is 27.7 Å². The Balaban J connectivity index is 2.66. The van der Waals surface area contributed by atoms with Crippen LogP contribution in [0, 0.1) is 0 Å². The van der Waals surface area contributed by atoms with Crippen molar-refractivity contribution in [2.24, 2.45) is 0 Å². The fraction of sp³-hybridized carbons (Fsp3) is 0.692. The van der Waals surface area contributed by atoms with Crippen molar-refractivity contribution in [3.8, 4) is 5.88 Å². The monoisotopic (exact) mass is 252 g/mol. The van der Waals surface area contributed by atoms with Gasteiger partial charge in [0.05, 0.1) is 18.5 Å². The van der Waals surface area contributed by atoms with Gasteiger partial charge in [0.25, 0.3) is 0 Å². The van der Waals surface area contributed by atoms with E-state index in [1.54, 1.807) is 12.4 Å². The third kappa shape index (κ3) is 4.87. The number of hydrogen-bond acceptors (Lipinski definition) is 5. The molecule has 0 spiro atoms. The van der Waals surface area contributed by atoms with Crippen LogP contribution in [0.25, 0.3) is 0 Å². The summed E-state index contributed by atoms with van der Waals surface area (Å²) >= 11 is 0. The average molecular weight is 252 g/mol.